The molecule has 4 aromatic rings. The summed E-state index contributed by atoms with van der Waals surface area (Å²) in [6, 6.07) is 30.7. The Bertz CT molecular complexity index is 1050. The van der Waals surface area contributed by atoms with Crippen molar-refractivity contribution in [3.63, 3.8) is 0 Å². The van der Waals surface area contributed by atoms with E-state index in [4.69, 9.17) is 0 Å². The van der Waals surface area contributed by atoms with Crippen LogP contribution in [0.15, 0.2) is 84.9 Å². The molecule has 128 valence electrons. The van der Waals surface area contributed by atoms with E-state index in [9.17, 15) is 0 Å². The van der Waals surface area contributed by atoms with E-state index in [0.29, 0.717) is 5.92 Å². The predicted molar refractivity (Wildman–Crippen MR) is 107 cm³/mol. The molecule has 5 rings (SSSR count). The van der Waals surface area contributed by atoms with Gasteiger partial charge >= 0.3 is 0 Å². The van der Waals surface area contributed by atoms with Crippen molar-refractivity contribution in [3.05, 3.63) is 107 Å². The van der Waals surface area contributed by atoms with Crippen LogP contribution < -0.4 is 5.32 Å². The van der Waals surface area contributed by atoms with Crippen LogP contribution in [0, 0.1) is 0 Å². The first kappa shape index (κ1) is 15.4. The lowest BCUT2D eigenvalue weighted by atomic mass is 9.83. The van der Waals surface area contributed by atoms with E-state index in [2.05, 4.69) is 102 Å². The molecule has 0 amide bonds. The SMILES string of the molecule is Cn1c2c(c3ccccc31)[C@H](c1ccccc1)CN[C@H]2c1ccccc1. The summed E-state index contributed by atoms with van der Waals surface area (Å²) in [6.45, 7) is 0.949. The predicted octanol–water partition coefficient (Wildman–Crippen LogP) is 5.00. The van der Waals surface area contributed by atoms with Gasteiger partial charge in [0.1, 0.15) is 0 Å². The average molecular weight is 338 g/mol. The molecule has 3 aromatic carbocycles. The first-order valence-electron chi connectivity index (χ1n) is 9.25. The Morgan fingerprint density at radius 1 is 0.769 bits per heavy atom. The molecule has 26 heavy (non-hydrogen) atoms. The van der Waals surface area contributed by atoms with E-state index >= 15 is 0 Å². The van der Waals surface area contributed by atoms with Crippen LogP contribution >= 0.6 is 0 Å². The topological polar surface area (TPSA) is 17.0 Å². The van der Waals surface area contributed by atoms with E-state index in [1.807, 2.05) is 0 Å². The highest BCUT2D eigenvalue weighted by molar-refractivity contribution is 5.87. The normalized spacial score (nSPS) is 19.4. The van der Waals surface area contributed by atoms with E-state index in [1.54, 1.807) is 0 Å². The zero-order chi connectivity index (χ0) is 17.5. The van der Waals surface area contributed by atoms with Crippen LogP contribution in [0.3, 0.4) is 0 Å². The number of rotatable bonds is 2. The average Bonchev–Trinajstić information content (AvgIpc) is 3.02. The third-order valence-corrected chi connectivity index (χ3v) is 5.68. The molecule has 0 saturated heterocycles. The fourth-order valence-electron chi connectivity index (χ4n) is 4.48. The van der Waals surface area contributed by atoms with Gasteiger partial charge in [-0.15, -0.1) is 0 Å². The van der Waals surface area contributed by atoms with Crippen LogP contribution in [0.4, 0.5) is 0 Å². The largest absolute Gasteiger partial charge is 0.346 e. The highest BCUT2D eigenvalue weighted by Crippen LogP contribution is 2.42. The smallest absolute Gasteiger partial charge is 0.0734 e. The van der Waals surface area contributed by atoms with Gasteiger partial charge < -0.3 is 9.88 Å². The van der Waals surface area contributed by atoms with Crippen LogP contribution in [0.1, 0.15) is 34.3 Å². The fraction of sp³-hybridized carbons (Fsp3) is 0.167. The first-order valence-corrected chi connectivity index (χ1v) is 9.25. The summed E-state index contributed by atoms with van der Waals surface area (Å²) in [7, 11) is 2.20. The minimum absolute atomic E-state index is 0.226. The maximum atomic E-state index is 3.82. The molecule has 0 aliphatic carbocycles. The zero-order valence-corrected chi connectivity index (χ0v) is 14.9. The van der Waals surface area contributed by atoms with Crippen molar-refractivity contribution in [2.24, 2.45) is 7.05 Å². The minimum Gasteiger partial charge on any atom is -0.346 e. The standard InChI is InChI=1S/C24H22N2/c1-26-21-15-9-8-14-19(21)22-20(17-10-4-2-5-11-17)16-25-23(24(22)26)18-12-6-3-7-13-18/h2-15,20,23,25H,16H2,1H3/t20-,23-/m0/s1. The van der Waals surface area contributed by atoms with Gasteiger partial charge in [0.15, 0.2) is 0 Å². The van der Waals surface area contributed by atoms with E-state index in [0.717, 1.165) is 6.54 Å². The van der Waals surface area contributed by atoms with Crippen molar-refractivity contribution >= 4 is 10.9 Å². The number of fused-ring (bicyclic) bond motifs is 3. The van der Waals surface area contributed by atoms with E-state index in [1.165, 1.54) is 33.3 Å². The Labute approximate surface area is 154 Å². The quantitative estimate of drug-likeness (QED) is 0.544. The Kier molecular flexibility index (Phi) is 3.65. The number of aromatic nitrogens is 1. The number of aryl methyl sites for hydroxylation is 1. The summed E-state index contributed by atoms with van der Waals surface area (Å²) < 4.78 is 2.38. The molecule has 1 N–H and O–H groups in total. The molecule has 2 atom stereocenters. The fourth-order valence-corrected chi connectivity index (χ4v) is 4.48. The van der Waals surface area contributed by atoms with E-state index < -0.39 is 0 Å². The molecule has 1 aliphatic heterocycles. The Balaban J connectivity index is 1.78. The molecule has 0 bridgehead atoms. The Hall–Kier alpha value is -2.84. The third kappa shape index (κ3) is 2.30. The third-order valence-electron chi connectivity index (χ3n) is 5.68. The Morgan fingerprint density at radius 3 is 2.12 bits per heavy atom. The molecule has 1 aromatic heterocycles. The van der Waals surface area contributed by atoms with Gasteiger partial charge in [-0.25, -0.2) is 0 Å². The van der Waals surface area contributed by atoms with Gasteiger partial charge in [-0.05, 0) is 22.8 Å². The summed E-state index contributed by atoms with van der Waals surface area (Å²) >= 11 is 0. The highest BCUT2D eigenvalue weighted by Gasteiger charge is 2.33. The van der Waals surface area contributed by atoms with Crippen molar-refractivity contribution in [1.82, 2.24) is 9.88 Å². The molecule has 1 aliphatic rings. The molecule has 2 heteroatoms. The maximum Gasteiger partial charge on any atom is 0.0734 e. The molecule has 0 saturated carbocycles. The molecule has 2 heterocycles. The van der Waals surface area contributed by atoms with Crippen molar-refractivity contribution < 1.29 is 0 Å². The molecule has 2 nitrogen and oxygen atoms in total. The van der Waals surface area contributed by atoms with Gasteiger partial charge in [0.05, 0.1) is 6.04 Å². The number of benzene rings is 3. The molecule has 0 unspecified atom stereocenters. The summed E-state index contributed by atoms with van der Waals surface area (Å²) in [5.74, 6) is 0.372. The maximum absolute atomic E-state index is 3.82. The van der Waals surface area contributed by atoms with Gasteiger partial charge in [-0.2, -0.15) is 0 Å². The zero-order valence-electron chi connectivity index (χ0n) is 14.9. The number of nitrogens with zero attached hydrogens (tertiary/aromatic N) is 1. The summed E-state index contributed by atoms with van der Waals surface area (Å²) in [4.78, 5) is 0. The molecule has 0 radical (unpaired) electrons. The van der Waals surface area contributed by atoms with Crippen LogP contribution in [0.25, 0.3) is 10.9 Å². The summed E-state index contributed by atoms with van der Waals surface area (Å²) in [6.07, 6.45) is 0. The number of nitrogens with one attached hydrogen (secondary N) is 1. The number of para-hydroxylation sites is 1. The summed E-state index contributed by atoms with van der Waals surface area (Å²) in [5.41, 5.74) is 6.87. The van der Waals surface area contributed by atoms with Crippen molar-refractivity contribution in [2.75, 3.05) is 6.54 Å². The van der Waals surface area contributed by atoms with Crippen LogP contribution in [0.5, 0.6) is 0 Å². The molecular weight excluding hydrogens is 316 g/mol. The van der Waals surface area contributed by atoms with E-state index in [-0.39, 0.29) is 6.04 Å². The van der Waals surface area contributed by atoms with Gasteiger partial charge in [0.25, 0.3) is 0 Å². The van der Waals surface area contributed by atoms with Gasteiger partial charge in [0, 0.05) is 36.1 Å². The molecular formula is C24H22N2. The van der Waals surface area contributed by atoms with Crippen LogP contribution in [-0.2, 0) is 7.05 Å². The van der Waals surface area contributed by atoms with Crippen molar-refractivity contribution in [3.8, 4) is 0 Å². The summed E-state index contributed by atoms with van der Waals surface area (Å²) in [5, 5.41) is 5.20. The lowest BCUT2D eigenvalue weighted by Crippen LogP contribution is -2.35. The van der Waals surface area contributed by atoms with Gasteiger partial charge in [0.2, 0.25) is 0 Å². The van der Waals surface area contributed by atoms with Crippen LogP contribution in [-0.4, -0.2) is 11.1 Å². The Morgan fingerprint density at radius 2 is 1.38 bits per heavy atom. The van der Waals surface area contributed by atoms with Crippen molar-refractivity contribution in [2.45, 2.75) is 12.0 Å². The lowest BCUT2D eigenvalue weighted by molar-refractivity contribution is 0.510. The first-order chi connectivity index (χ1) is 12.8. The molecule has 0 spiro atoms. The van der Waals surface area contributed by atoms with Crippen LogP contribution in [0.2, 0.25) is 0 Å². The second-order valence-corrected chi connectivity index (χ2v) is 7.09. The van der Waals surface area contributed by atoms with Gasteiger partial charge in [-0.1, -0.05) is 78.9 Å². The van der Waals surface area contributed by atoms with Crippen molar-refractivity contribution in [1.29, 1.82) is 0 Å². The second kappa shape index (κ2) is 6.15. The number of hydrogen-bond donors (Lipinski definition) is 1. The lowest BCUT2D eigenvalue weighted by Gasteiger charge is -2.32. The minimum atomic E-state index is 0.226. The monoisotopic (exact) mass is 338 g/mol. The second-order valence-electron chi connectivity index (χ2n) is 7.09. The highest BCUT2D eigenvalue weighted by atomic mass is 15.0. The number of hydrogen-bond acceptors (Lipinski definition) is 1. The molecule has 0 fully saturated rings. The van der Waals surface area contributed by atoms with Gasteiger partial charge in [-0.3, -0.25) is 0 Å².